The van der Waals surface area contributed by atoms with Crippen LogP contribution >= 0.6 is 11.8 Å². The number of esters is 1. The van der Waals surface area contributed by atoms with Crippen molar-refractivity contribution < 1.29 is 9.53 Å². The minimum Gasteiger partial charge on any atom is -0.459 e. The van der Waals surface area contributed by atoms with Crippen molar-refractivity contribution in [3.63, 3.8) is 0 Å². The maximum absolute atomic E-state index is 12.8. The van der Waals surface area contributed by atoms with Crippen molar-refractivity contribution in [2.24, 2.45) is 0 Å². The molecule has 0 aliphatic rings. The van der Waals surface area contributed by atoms with Crippen LogP contribution in [0.2, 0.25) is 0 Å². The minimum atomic E-state index is -0.604. The SMILES string of the molecule is CSc1ncc(NCc2ccc(C)c(C)c2)c(=O)n1CC(=O)OC(C)(C)C. The molecule has 1 N–H and O–H groups in total. The van der Waals surface area contributed by atoms with Gasteiger partial charge in [-0.15, -0.1) is 0 Å². The number of rotatable bonds is 6. The van der Waals surface area contributed by atoms with Crippen LogP contribution in [0, 0.1) is 13.8 Å². The summed E-state index contributed by atoms with van der Waals surface area (Å²) < 4.78 is 6.68. The zero-order valence-corrected chi connectivity index (χ0v) is 17.6. The van der Waals surface area contributed by atoms with Crippen LogP contribution in [0.4, 0.5) is 5.69 Å². The fraction of sp³-hybridized carbons (Fsp3) is 0.450. The summed E-state index contributed by atoms with van der Waals surface area (Å²) in [5.74, 6) is -0.465. The van der Waals surface area contributed by atoms with Gasteiger partial charge in [0.15, 0.2) is 5.16 Å². The van der Waals surface area contributed by atoms with Crippen LogP contribution in [0.3, 0.4) is 0 Å². The molecule has 0 amide bonds. The number of aromatic nitrogens is 2. The maximum Gasteiger partial charge on any atom is 0.326 e. The first-order valence-electron chi connectivity index (χ1n) is 8.76. The van der Waals surface area contributed by atoms with Crippen molar-refractivity contribution in [3.05, 3.63) is 51.4 Å². The summed E-state index contributed by atoms with van der Waals surface area (Å²) in [6.45, 7) is 9.84. The highest BCUT2D eigenvalue weighted by molar-refractivity contribution is 7.98. The first-order chi connectivity index (χ1) is 12.6. The summed E-state index contributed by atoms with van der Waals surface area (Å²) in [5.41, 5.74) is 2.97. The van der Waals surface area contributed by atoms with E-state index in [9.17, 15) is 9.59 Å². The Labute approximate surface area is 164 Å². The van der Waals surface area contributed by atoms with Gasteiger partial charge in [0.05, 0.1) is 6.20 Å². The number of nitrogens with zero attached hydrogens (tertiary/aromatic N) is 2. The van der Waals surface area contributed by atoms with Crippen molar-refractivity contribution in [3.8, 4) is 0 Å². The van der Waals surface area contributed by atoms with Gasteiger partial charge in [-0.25, -0.2) is 4.98 Å². The van der Waals surface area contributed by atoms with E-state index in [4.69, 9.17) is 4.74 Å². The van der Waals surface area contributed by atoms with Gasteiger partial charge in [-0.05, 0) is 57.6 Å². The highest BCUT2D eigenvalue weighted by atomic mass is 32.2. The lowest BCUT2D eigenvalue weighted by Crippen LogP contribution is -2.32. The number of hydrogen-bond acceptors (Lipinski definition) is 6. The van der Waals surface area contributed by atoms with E-state index in [1.54, 1.807) is 20.8 Å². The molecule has 0 aliphatic carbocycles. The number of carbonyl (C=O) groups is 1. The number of carbonyl (C=O) groups excluding carboxylic acids is 1. The van der Waals surface area contributed by atoms with Gasteiger partial charge in [-0.3, -0.25) is 14.2 Å². The van der Waals surface area contributed by atoms with Gasteiger partial charge >= 0.3 is 5.97 Å². The van der Waals surface area contributed by atoms with Gasteiger partial charge in [0.2, 0.25) is 0 Å². The highest BCUT2D eigenvalue weighted by Crippen LogP contribution is 2.15. The number of aryl methyl sites for hydroxylation is 2. The van der Waals surface area contributed by atoms with Crippen molar-refractivity contribution >= 4 is 23.4 Å². The summed E-state index contributed by atoms with van der Waals surface area (Å²) in [7, 11) is 0. The highest BCUT2D eigenvalue weighted by Gasteiger charge is 2.19. The minimum absolute atomic E-state index is 0.168. The fourth-order valence-electron chi connectivity index (χ4n) is 2.51. The molecule has 0 unspecified atom stereocenters. The number of thioether (sulfide) groups is 1. The average Bonchev–Trinajstić information content (AvgIpc) is 2.57. The largest absolute Gasteiger partial charge is 0.459 e. The molecule has 0 bridgehead atoms. The molecule has 0 aliphatic heterocycles. The first-order valence-corrected chi connectivity index (χ1v) is 9.99. The fourth-order valence-corrected chi connectivity index (χ4v) is 3.04. The smallest absolute Gasteiger partial charge is 0.326 e. The molecule has 6 nitrogen and oxygen atoms in total. The molecule has 0 atom stereocenters. The molecule has 1 aromatic carbocycles. The maximum atomic E-state index is 12.8. The predicted octanol–water partition coefficient (Wildman–Crippen LogP) is 3.54. The lowest BCUT2D eigenvalue weighted by molar-refractivity contribution is -0.155. The molecule has 0 radical (unpaired) electrons. The van der Waals surface area contributed by atoms with E-state index in [1.165, 1.54) is 33.7 Å². The van der Waals surface area contributed by atoms with Gasteiger partial charge in [0.25, 0.3) is 5.56 Å². The third kappa shape index (κ3) is 5.85. The Morgan fingerprint density at radius 2 is 1.96 bits per heavy atom. The lowest BCUT2D eigenvalue weighted by atomic mass is 10.1. The van der Waals surface area contributed by atoms with Gasteiger partial charge in [0, 0.05) is 6.54 Å². The van der Waals surface area contributed by atoms with Crippen molar-refractivity contribution in [1.82, 2.24) is 9.55 Å². The van der Waals surface area contributed by atoms with E-state index in [2.05, 4.69) is 36.3 Å². The molecular formula is C20H27N3O3S. The summed E-state index contributed by atoms with van der Waals surface area (Å²) in [4.78, 5) is 29.3. The summed E-state index contributed by atoms with van der Waals surface area (Å²) in [6, 6.07) is 6.17. The van der Waals surface area contributed by atoms with E-state index in [0.29, 0.717) is 17.4 Å². The number of hydrogen-bond donors (Lipinski definition) is 1. The number of ether oxygens (including phenoxy) is 1. The lowest BCUT2D eigenvalue weighted by Gasteiger charge is -2.20. The van der Waals surface area contributed by atoms with Crippen LogP contribution in [0.15, 0.2) is 34.3 Å². The number of nitrogens with one attached hydrogen (secondary N) is 1. The molecule has 7 heteroatoms. The van der Waals surface area contributed by atoms with Crippen LogP contribution < -0.4 is 10.9 Å². The topological polar surface area (TPSA) is 73.2 Å². The Morgan fingerprint density at radius 3 is 2.56 bits per heavy atom. The second kappa shape index (κ2) is 8.61. The Bertz CT molecular complexity index is 885. The zero-order chi connectivity index (χ0) is 20.2. The van der Waals surface area contributed by atoms with E-state index in [0.717, 1.165) is 5.56 Å². The van der Waals surface area contributed by atoms with Gasteiger partial charge < -0.3 is 10.1 Å². The quantitative estimate of drug-likeness (QED) is 0.463. The molecule has 2 aromatic rings. The molecular weight excluding hydrogens is 362 g/mol. The second-order valence-corrected chi connectivity index (χ2v) is 8.18. The number of benzene rings is 1. The Balaban J connectivity index is 2.21. The van der Waals surface area contributed by atoms with Crippen molar-refractivity contribution in [2.45, 2.75) is 58.5 Å². The van der Waals surface area contributed by atoms with E-state index in [-0.39, 0.29) is 12.1 Å². The van der Waals surface area contributed by atoms with Crippen LogP contribution in [-0.4, -0.2) is 27.4 Å². The van der Waals surface area contributed by atoms with Crippen molar-refractivity contribution in [1.29, 1.82) is 0 Å². The third-order valence-electron chi connectivity index (χ3n) is 3.95. The molecule has 0 fully saturated rings. The molecule has 1 heterocycles. The van der Waals surface area contributed by atoms with Gasteiger partial charge in [-0.2, -0.15) is 0 Å². The molecule has 27 heavy (non-hydrogen) atoms. The van der Waals surface area contributed by atoms with Gasteiger partial charge in [0.1, 0.15) is 17.8 Å². The Kier molecular flexibility index (Phi) is 6.70. The molecule has 1 aromatic heterocycles. The Hall–Kier alpha value is -2.28. The first kappa shape index (κ1) is 21.0. The molecule has 146 valence electrons. The van der Waals surface area contributed by atoms with Crippen LogP contribution in [0.25, 0.3) is 0 Å². The molecule has 0 saturated carbocycles. The second-order valence-electron chi connectivity index (χ2n) is 7.41. The average molecular weight is 390 g/mol. The zero-order valence-electron chi connectivity index (χ0n) is 16.8. The standard InChI is InChI=1S/C20H27N3O3S/c1-13-7-8-15(9-14(13)2)10-21-16-11-22-19(27-6)23(18(16)25)12-17(24)26-20(3,4)5/h7-9,11,21H,10,12H2,1-6H3. The molecule has 0 saturated heterocycles. The van der Waals surface area contributed by atoms with Crippen LogP contribution in [0.5, 0.6) is 0 Å². The number of anilines is 1. The normalized spacial score (nSPS) is 11.3. The van der Waals surface area contributed by atoms with Crippen LogP contribution in [0.1, 0.15) is 37.5 Å². The van der Waals surface area contributed by atoms with Crippen LogP contribution in [-0.2, 0) is 22.6 Å². The third-order valence-corrected chi connectivity index (χ3v) is 4.65. The monoisotopic (exact) mass is 389 g/mol. The summed E-state index contributed by atoms with van der Waals surface area (Å²) in [6.07, 6.45) is 3.33. The Morgan fingerprint density at radius 1 is 1.26 bits per heavy atom. The van der Waals surface area contributed by atoms with E-state index < -0.39 is 11.6 Å². The van der Waals surface area contributed by atoms with Crippen molar-refractivity contribution in [2.75, 3.05) is 11.6 Å². The molecule has 0 spiro atoms. The van der Waals surface area contributed by atoms with Gasteiger partial charge in [-0.1, -0.05) is 30.0 Å². The van der Waals surface area contributed by atoms with E-state index >= 15 is 0 Å². The summed E-state index contributed by atoms with van der Waals surface area (Å²) in [5, 5.41) is 3.61. The molecule has 2 rings (SSSR count). The summed E-state index contributed by atoms with van der Waals surface area (Å²) >= 11 is 1.31. The van der Waals surface area contributed by atoms with E-state index in [1.807, 2.05) is 12.3 Å². The predicted molar refractivity (Wildman–Crippen MR) is 109 cm³/mol.